The lowest BCUT2D eigenvalue weighted by molar-refractivity contribution is 0.0952. The summed E-state index contributed by atoms with van der Waals surface area (Å²) in [5, 5.41) is 2.66. The Hall–Kier alpha value is -3.42. The highest BCUT2D eigenvalue weighted by Gasteiger charge is 2.30. The van der Waals surface area contributed by atoms with Crippen molar-refractivity contribution < 1.29 is 23.0 Å². The number of carbonyl (C=O) groups is 1. The summed E-state index contributed by atoms with van der Waals surface area (Å²) in [4.78, 5) is 25.8. The molecule has 0 spiro atoms. The van der Waals surface area contributed by atoms with Crippen molar-refractivity contribution in [3.05, 3.63) is 69.5 Å². The number of pyridine rings is 1. The first-order valence-corrected chi connectivity index (χ1v) is 9.97. The Morgan fingerprint density at radius 1 is 1.19 bits per heavy atom. The first-order chi connectivity index (χ1) is 15.0. The maximum atomic E-state index is 14.3. The van der Waals surface area contributed by atoms with Gasteiger partial charge in [-0.05, 0) is 37.0 Å². The van der Waals surface area contributed by atoms with Crippen molar-refractivity contribution in [1.82, 2.24) is 9.88 Å². The van der Waals surface area contributed by atoms with Crippen molar-refractivity contribution in [1.29, 1.82) is 0 Å². The van der Waals surface area contributed by atoms with Crippen molar-refractivity contribution in [3.63, 3.8) is 0 Å². The first-order valence-electron chi connectivity index (χ1n) is 9.97. The van der Waals surface area contributed by atoms with E-state index in [1.54, 1.807) is 11.7 Å². The topological polar surface area (TPSA) is 69.6 Å². The average molecular weight is 428 g/mol. The van der Waals surface area contributed by atoms with Crippen molar-refractivity contribution in [2.24, 2.45) is 0 Å². The van der Waals surface area contributed by atoms with Gasteiger partial charge >= 0.3 is 0 Å². The predicted octanol–water partition coefficient (Wildman–Crippen LogP) is 3.60. The average Bonchev–Trinajstić information content (AvgIpc) is 3.61. The van der Waals surface area contributed by atoms with Gasteiger partial charge in [-0.1, -0.05) is 18.2 Å². The summed E-state index contributed by atoms with van der Waals surface area (Å²) in [7, 11) is 2.79. The highest BCUT2D eigenvalue weighted by atomic mass is 19.2. The lowest BCUT2D eigenvalue weighted by atomic mass is 10.1. The van der Waals surface area contributed by atoms with Crippen LogP contribution < -0.4 is 20.2 Å². The van der Waals surface area contributed by atoms with E-state index in [1.165, 1.54) is 13.3 Å². The molecule has 0 bridgehead atoms. The van der Waals surface area contributed by atoms with Crippen LogP contribution >= 0.6 is 0 Å². The molecule has 1 aliphatic rings. The zero-order valence-corrected chi connectivity index (χ0v) is 17.2. The smallest absolute Gasteiger partial charge is 0.256 e. The molecule has 0 atom stereocenters. The molecule has 1 fully saturated rings. The molecule has 3 aromatic rings. The van der Waals surface area contributed by atoms with Gasteiger partial charge in [0.25, 0.3) is 5.91 Å². The number of amides is 1. The molecule has 162 valence electrons. The van der Waals surface area contributed by atoms with Crippen LogP contribution in [0.25, 0.3) is 10.9 Å². The second-order valence-corrected chi connectivity index (χ2v) is 7.43. The minimum Gasteiger partial charge on any atom is -0.496 e. The van der Waals surface area contributed by atoms with E-state index in [4.69, 9.17) is 9.47 Å². The van der Waals surface area contributed by atoms with Gasteiger partial charge in [0.1, 0.15) is 11.3 Å². The van der Waals surface area contributed by atoms with E-state index in [0.717, 1.165) is 24.5 Å². The molecule has 1 heterocycles. The first kappa shape index (κ1) is 20.8. The maximum Gasteiger partial charge on any atom is 0.256 e. The summed E-state index contributed by atoms with van der Waals surface area (Å²) >= 11 is 0. The van der Waals surface area contributed by atoms with Gasteiger partial charge in [-0.25, -0.2) is 4.39 Å². The molecule has 0 unspecified atom stereocenters. The van der Waals surface area contributed by atoms with E-state index in [1.807, 2.05) is 24.3 Å². The Bertz CT molecular complexity index is 1220. The van der Waals surface area contributed by atoms with Crippen LogP contribution in [0.2, 0.25) is 0 Å². The molecular weight excluding hydrogens is 406 g/mol. The number of rotatable bonds is 7. The van der Waals surface area contributed by atoms with Gasteiger partial charge in [-0.3, -0.25) is 9.59 Å². The number of ether oxygens (including phenoxy) is 2. The number of nitrogens with zero attached hydrogens (tertiary/aromatic N) is 1. The quantitative estimate of drug-likeness (QED) is 0.624. The number of halogens is 2. The Morgan fingerprint density at radius 2 is 1.94 bits per heavy atom. The lowest BCUT2D eigenvalue weighted by Crippen LogP contribution is -2.31. The van der Waals surface area contributed by atoms with Crippen molar-refractivity contribution >= 4 is 16.8 Å². The molecule has 1 N–H and O–H groups in total. The summed E-state index contributed by atoms with van der Waals surface area (Å²) in [5.74, 6) is -2.54. The maximum absolute atomic E-state index is 14.3. The van der Waals surface area contributed by atoms with Gasteiger partial charge in [0, 0.05) is 18.8 Å². The second kappa shape index (κ2) is 8.37. The summed E-state index contributed by atoms with van der Waals surface area (Å²) in [6, 6.07) is 8.29. The molecule has 0 radical (unpaired) electrons. The zero-order valence-electron chi connectivity index (χ0n) is 17.2. The summed E-state index contributed by atoms with van der Waals surface area (Å²) in [6.45, 7) is 0.279. The number of aromatic nitrogens is 1. The molecule has 4 rings (SSSR count). The molecule has 2 aromatic carbocycles. The van der Waals surface area contributed by atoms with Crippen molar-refractivity contribution in [2.75, 3.05) is 20.8 Å². The zero-order chi connectivity index (χ0) is 22.1. The van der Waals surface area contributed by atoms with Crippen LogP contribution in [0.1, 0.15) is 34.8 Å². The molecule has 1 amide bonds. The molecule has 1 saturated carbocycles. The summed E-state index contributed by atoms with van der Waals surface area (Å²) in [6.07, 6.45) is 3.55. The summed E-state index contributed by atoms with van der Waals surface area (Å²) < 4.78 is 40.4. The van der Waals surface area contributed by atoms with Gasteiger partial charge < -0.3 is 19.4 Å². The highest BCUT2D eigenvalue weighted by molar-refractivity contribution is 5.98. The number of fused-ring (bicyclic) bond motifs is 1. The Balaban J connectivity index is 1.68. The van der Waals surface area contributed by atoms with Crippen LogP contribution in [0, 0.1) is 11.6 Å². The van der Waals surface area contributed by atoms with E-state index >= 15 is 0 Å². The molecule has 1 aromatic heterocycles. The van der Waals surface area contributed by atoms with Crippen LogP contribution in [0.3, 0.4) is 0 Å². The Kier molecular flexibility index (Phi) is 5.63. The van der Waals surface area contributed by atoms with Crippen LogP contribution in [0.15, 0.2) is 41.3 Å². The molecule has 1 aliphatic carbocycles. The minimum absolute atomic E-state index is 0.00184. The van der Waals surface area contributed by atoms with Gasteiger partial charge in [-0.15, -0.1) is 0 Å². The third kappa shape index (κ3) is 3.85. The van der Waals surface area contributed by atoms with Crippen molar-refractivity contribution in [3.8, 4) is 11.5 Å². The van der Waals surface area contributed by atoms with Crippen molar-refractivity contribution in [2.45, 2.75) is 25.3 Å². The molecule has 0 aliphatic heterocycles. The van der Waals surface area contributed by atoms with Gasteiger partial charge in [0.05, 0.1) is 25.1 Å². The van der Waals surface area contributed by atoms with Crippen LogP contribution in [0.4, 0.5) is 8.78 Å². The molecule has 8 heteroatoms. The molecule has 0 saturated heterocycles. The number of carbonyl (C=O) groups excluding carboxylic acids is 1. The van der Waals surface area contributed by atoms with Crippen LogP contribution in [-0.2, 0) is 6.42 Å². The molecule has 31 heavy (non-hydrogen) atoms. The predicted molar refractivity (Wildman–Crippen MR) is 112 cm³/mol. The van der Waals surface area contributed by atoms with Gasteiger partial charge in [-0.2, -0.15) is 4.39 Å². The Morgan fingerprint density at radius 3 is 2.61 bits per heavy atom. The number of hydrogen-bond acceptors (Lipinski definition) is 4. The fraction of sp³-hybridized carbons (Fsp3) is 0.304. The number of benzene rings is 2. The minimum atomic E-state index is -1.20. The normalized spacial score (nSPS) is 13.3. The van der Waals surface area contributed by atoms with Gasteiger partial charge in [0.15, 0.2) is 11.6 Å². The van der Waals surface area contributed by atoms with Crippen LogP contribution in [0.5, 0.6) is 11.5 Å². The van der Waals surface area contributed by atoms with E-state index in [9.17, 15) is 18.4 Å². The fourth-order valence-corrected chi connectivity index (χ4v) is 3.73. The SMILES string of the molecule is COc1ccccc1CCNC(=O)c1cn(C2CC2)c2c(OC)c(F)c(F)cc2c1=O. The second-order valence-electron chi connectivity index (χ2n) is 7.43. The summed E-state index contributed by atoms with van der Waals surface area (Å²) in [5.41, 5.74) is 0.298. The third-order valence-electron chi connectivity index (χ3n) is 5.43. The van der Waals surface area contributed by atoms with Gasteiger partial charge in [0.2, 0.25) is 11.2 Å². The number of hydrogen-bond donors (Lipinski definition) is 1. The fourth-order valence-electron chi connectivity index (χ4n) is 3.73. The number of methoxy groups -OCH3 is 2. The lowest BCUT2D eigenvalue weighted by Gasteiger charge is -2.16. The van der Waals surface area contributed by atoms with E-state index in [-0.39, 0.29) is 34.8 Å². The molecule has 6 nitrogen and oxygen atoms in total. The number of para-hydroxylation sites is 1. The number of nitrogens with one attached hydrogen (secondary N) is 1. The van der Waals surface area contributed by atoms with E-state index in [0.29, 0.717) is 12.2 Å². The largest absolute Gasteiger partial charge is 0.496 e. The molecular formula is C23H22F2N2O4. The standard InChI is InChI=1S/C23H22F2N2O4/c1-30-18-6-4-3-5-13(18)9-10-26-23(29)16-12-27(14-7-8-14)20-15(21(16)28)11-17(24)19(25)22(20)31-2/h3-6,11-12,14H,7-10H2,1-2H3,(H,26,29). The van der Waals surface area contributed by atoms with Crippen LogP contribution in [-0.4, -0.2) is 31.2 Å². The van der Waals surface area contributed by atoms with E-state index in [2.05, 4.69) is 5.32 Å². The third-order valence-corrected chi connectivity index (χ3v) is 5.43. The monoisotopic (exact) mass is 428 g/mol. The highest BCUT2D eigenvalue weighted by Crippen LogP contribution is 2.40. The Labute approximate surface area is 177 Å². The van der Waals surface area contributed by atoms with E-state index < -0.39 is 23.0 Å².